The van der Waals surface area contributed by atoms with Gasteiger partial charge < -0.3 is 15.1 Å². The van der Waals surface area contributed by atoms with Crippen LogP contribution in [0.15, 0.2) is 30.3 Å². The van der Waals surface area contributed by atoms with Crippen LogP contribution in [0.2, 0.25) is 0 Å². The molecule has 7 heteroatoms. The van der Waals surface area contributed by atoms with Crippen LogP contribution in [0.5, 0.6) is 0 Å². The number of aromatic nitrogens is 1. The summed E-state index contributed by atoms with van der Waals surface area (Å²) < 4.78 is 38.9. The SMILES string of the molecule is OCCN(CCO)c1cc(C(F)(F)F)nc2ccccc12. The highest BCUT2D eigenvalue weighted by molar-refractivity contribution is 5.92. The van der Waals surface area contributed by atoms with E-state index in [0.29, 0.717) is 11.1 Å². The van der Waals surface area contributed by atoms with Gasteiger partial charge in [-0.2, -0.15) is 13.2 Å². The first-order valence-electron chi connectivity index (χ1n) is 6.41. The zero-order valence-corrected chi connectivity index (χ0v) is 11.1. The van der Waals surface area contributed by atoms with Crippen molar-refractivity contribution in [3.63, 3.8) is 0 Å². The summed E-state index contributed by atoms with van der Waals surface area (Å²) in [7, 11) is 0. The van der Waals surface area contributed by atoms with Gasteiger partial charge in [0.25, 0.3) is 0 Å². The monoisotopic (exact) mass is 300 g/mol. The molecule has 1 heterocycles. The lowest BCUT2D eigenvalue weighted by atomic mass is 10.1. The minimum Gasteiger partial charge on any atom is -0.395 e. The number of para-hydroxylation sites is 1. The molecule has 0 aliphatic rings. The third-order valence-electron chi connectivity index (χ3n) is 3.07. The predicted molar refractivity (Wildman–Crippen MR) is 73.1 cm³/mol. The lowest BCUT2D eigenvalue weighted by molar-refractivity contribution is -0.140. The average Bonchev–Trinajstić information content (AvgIpc) is 2.45. The van der Waals surface area contributed by atoms with E-state index in [-0.39, 0.29) is 31.8 Å². The Hall–Kier alpha value is -1.86. The van der Waals surface area contributed by atoms with Crippen molar-refractivity contribution in [1.29, 1.82) is 0 Å². The Morgan fingerprint density at radius 3 is 2.24 bits per heavy atom. The number of alkyl halides is 3. The molecule has 0 fully saturated rings. The van der Waals surface area contributed by atoms with Crippen LogP contribution in [-0.2, 0) is 6.18 Å². The van der Waals surface area contributed by atoms with E-state index in [9.17, 15) is 13.2 Å². The van der Waals surface area contributed by atoms with Crippen LogP contribution in [0.1, 0.15) is 5.69 Å². The summed E-state index contributed by atoms with van der Waals surface area (Å²) in [5.74, 6) is 0. The maximum Gasteiger partial charge on any atom is 0.433 e. The lowest BCUT2D eigenvalue weighted by Crippen LogP contribution is -2.30. The number of halogens is 3. The standard InChI is InChI=1S/C14H15F3N2O2/c15-14(16,17)13-9-12(19(5-7-20)6-8-21)10-3-1-2-4-11(10)18-13/h1-4,9,20-21H,5-8H2. The smallest absolute Gasteiger partial charge is 0.395 e. The van der Waals surface area contributed by atoms with Crippen molar-refractivity contribution in [1.82, 2.24) is 4.98 Å². The van der Waals surface area contributed by atoms with E-state index in [0.717, 1.165) is 6.07 Å². The Morgan fingerprint density at radius 1 is 1.05 bits per heavy atom. The van der Waals surface area contributed by atoms with Crippen molar-refractivity contribution in [3.8, 4) is 0 Å². The number of rotatable bonds is 5. The quantitative estimate of drug-likeness (QED) is 0.887. The van der Waals surface area contributed by atoms with Gasteiger partial charge in [0.2, 0.25) is 0 Å². The van der Waals surface area contributed by atoms with Gasteiger partial charge in [-0.3, -0.25) is 0 Å². The molecule has 2 aromatic rings. The summed E-state index contributed by atoms with van der Waals surface area (Å²) in [6.07, 6.45) is -4.55. The molecule has 1 aromatic carbocycles. The van der Waals surface area contributed by atoms with Crippen molar-refractivity contribution >= 4 is 16.6 Å². The third kappa shape index (κ3) is 3.43. The number of fused-ring (bicyclic) bond motifs is 1. The molecule has 0 amide bonds. The van der Waals surface area contributed by atoms with Gasteiger partial charge in [0.05, 0.1) is 18.7 Å². The maximum atomic E-state index is 13.0. The van der Waals surface area contributed by atoms with Crippen LogP contribution >= 0.6 is 0 Å². The Balaban J connectivity index is 2.63. The molecule has 0 aliphatic carbocycles. The molecular formula is C14H15F3N2O2. The Morgan fingerprint density at radius 2 is 1.67 bits per heavy atom. The molecule has 0 saturated heterocycles. The van der Waals surface area contributed by atoms with Crippen LogP contribution in [0, 0.1) is 0 Å². The summed E-state index contributed by atoms with van der Waals surface area (Å²) in [4.78, 5) is 5.15. The first-order valence-corrected chi connectivity index (χ1v) is 6.41. The lowest BCUT2D eigenvalue weighted by Gasteiger charge is -2.25. The molecule has 21 heavy (non-hydrogen) atoms. The van der Waals surface area contributed by atoms with E-state index in [1.54, 1.807) is 18.2 Å². The maximum absolute atomic E-state index is 13.0. The van der Waals surface area contributed by atoms with Crippen molar-refractivity contribution in [2.24, 2.45) is 0 Å². The minimum absolute atomic E-state index is 0.131. The van der Waals surface area contributed by atoms with E-state index >= 15 is 0 Å². The van der Waals surface area contributed by atoms with E-state index in [4.69, 9.17) is 10.2 Å². The number of nitrogens with zero attached hydrogens (tertiary/aromatic N) is 2. The molecule has 114 valence electrons. The fraction of sp³-hybridized carbons (Fsp3) is 0.357. The van der Waals surface area contributed by atoms with Crippen LogP contribution in [0.3, 0.4) is 0 Å². The van der Waals surface area contributed by atoms with Gasteiger partial charge in [-0.1, -0.05) is 18.2 Å². The fourth-order valence-corrected chi connectivity index (χ4v) is 2.16. The fourth-order valence-electron chi connectivity index (χ4n) is 2.16. The van der Waals surface area contributed by atoms with E-state index in [1.165, 1.54) is 11.0 Å². The van der Waals surface area contributed by atoms with Gasteiger partial charge in [-0.05, 0) is 12.1 Å². The number of benzene rings is 1. The van der Waals surface area contributed by atoms with Gasteiger partial charge in [0, 0.05) is 24.2 Å². The molecule has 0 atom stereocenters. The summed E-state index contributed by atoms with van der Waals surface area (Å²) in [5, 5.41) is 18.7. The number of aliphatic hydroxyl groups excluding tert-OH is 2. The summed E-state index contributed by atoms with van der Waals surface area (Å²) in [5.41, 5.74) is -0.462. The largest absolute Gasteiger partial charge is 0.433 e. The second-order valence-electron chi connectivity index (χ2n) is 4.48. The number of hydrogen-bond donors (Lipinski definition) is 2. The van der Waals surface area contributed by atoms with Crippen molar-refractivity contribution < 1.29 is 23.4 Å². The average molecular weight is 300 g/mol. The van der Waals surface area contributed by atoms with E-state index in [2.05, 4.69) is 4.98 Å². The predicted octanol–water partition coefficient (Wildman–Crippen LogP) is 2.04. The normalized spacial score (nSPS) is 11.9. The van der Waals surface area contributed by atoms with Crippen LogP contribution in [0.4, 0.5) is 18.9 Å². The van der Waals surface area contributed by atoms with Gasteiger partial charge in [-0.15, -0.1) is 0 Å². The molecule has 2 rings (SSSR count). The van der Waals surface area contributed by atoms with Gasteiger partial charge >= 0.3 is 6.18 Å². The highest BCUT2D eigenvalue weighted by atomic mass is 19.4. The molecule has 0 unspecified atom stereocenters. The molecule has 0 saturated carbocycles. The molecule has 0 spiro atoms. The number of aliphatic hydroxyl groups is 2. The second kappa shape index (κ2) is 6.28. The van der Waals surface area contributed by atoms with Gasteiger partial charge in [-0.25, -0.2) is 4.98 Å². The first-order chi connectivity index (χ1) is 9.97. The molecule has 2 N–H and O–H groups in total. The van der Waals surface area contributed by atoms with Crippen LogP contribution < -0.4 is 4.90 Å². The minimum atomic E-state index is -4.55. The van der Waals surface area contributed by atoms with Crippen molar-refractivity contribution in [2.75, 3.05) is 31.2 Å². The summed E-state index contributed by atoms with van der Waals surface area (Å²) in [6.45, 7) is -0.187. The Labute approximate surface area is 119 Å². The Bertz CT molecular complexity index is 611. The second-order valence-corrected chi connectivity index (χ2v) is 4.48. The molecule has 0 aliphatic heterocycles. The van der Waals surface area contributed by atoms with Crippen LogP contribution in [-0.4, -0.2) is 41.5 Å². The molecule has 0 bridgehead atoms. The zero-order valence-electron chi connectivity index (χ0n) is 11.1. The van der Waals surface area contributed by atoms with Gasteiger partial charge in [0.1, 0.15) is 5.69 Å². The van der Waals surface area contributed by atoms with Crippen molar-refractivity contribution in [2.45, 2.75) is 6.18 Å². The van der Waals surface area contributed by atoms with Crippen molar-refractivity contribution in [3.05, 3.63) is 36.0 Å². The first kappa shape index (κ1) is 15.5. The number of pyridine rings is 1. The third-order valence-corrected chi connectivity index (χ3v) is 3.07. The van der Waals surface area contributed by atoms with Crippen LogP contribution in [0.25, 0.3) is 10.9 Å². The summed E-state index contributed by atoms with van der Waals surface area (Å²) >= 11 is 0. The zero-order chi connectivity index (χ0) is 15.5. The number of anilines is 1. The topological polar surface area (TPSA) is 56.6 Å². The Kier molecular flexibility index (Phi) is 4.64. The summed E-state index contributed by atoms with van der Waals surface area (Å²) in [6, 6.07) is 7.44. The van der Waals surface area contributed by atoms with E-state index < -0.39 is 11.9 Å². The van der Waals surface area contributed by atoms with E-state index in [1.807, 2.05) is 0 Å². The highest BCUT2D eigenvalue weighted by Crippen LogP contribution is 2.34. The molecular weight excluding hydrogens is 285 g/mol. The molecule has 4 nitrogen and oxygen atoms in total. The highest BCUT2D eigenvalue weighted by Gasteiger charge is 2.33. The molecule has 1 aromatic heterocycles. The van der Waals surface area contributed by atoms with Gasteiger partial charge in [0.15, 0.2) is 0 Å². The molecule has 0 radical (unpaired) electrons. The number of hydrogen-bond acceptors (Lipinski definition) is 4.